The van der Waals surface area contributed by atoms with Crippen LogP contribution in [0.25, 0.3) is 0 Å². The second-order valence-corrected chi connectivity index (χ2v) is 5.10. The van der Waals surface area contributed by atoms with Gasteiger partial charge in [0.15, 0.2) is 0 Å². The van der Waals surface area contributed by atoms with Crippen LogP contribution in [0, 0.1) is 12.8 Å². The Kier molecular flexibility index (Phi) is 2.67. The topological polar surface area (TPSA) is 60.2 Å². The van der Waals surface area contributed by atoms with Gasteiger partial charge in [0.25, 0.3) is 0 Å². The lowest BCUT2D eigenvalue weighted by Crippen LogP contribution is -2.31. The number of nitrogens with one attached hydrogen (secondary N) is 1. The van der Waals surface area contributed by atoms with E-state index < -0.39 is 0 Å². The van der Waals surface area contributed by atoms with E-state index in [1.807, 2.05) is 13.0 Å². The predicted molar refractivity (Wildman–Crippen MR) is 67.9 cm³/mol. The molecule has 0 aromatic carbocycles. The molecule has 0 amide bonds. The molecule has 1 aromatic rings. The zero-order valence-corrected chi connectivity index (χ0v) is 10.1. The normalized spacial score (nSPS) is 28.3. The zero-order valence-electron chi connectivity index (χ0n) is 10.1. The molecule has 3 N–H and O–H groups in total. The van der Waals surface area contributed by atoms with Gasteiger partial charge in [-0.3, -0.25) is 0 Å². The summed E-state index contributed by atoms with van der Waals surface area (Å²) in [6.45, 7) is 2.86. The average Bonchev–Trinajstić information content (AvgIpc) is 3.06. The van der Waals surface area contributed by atoms with E-state index in [9.17, 15) is 0 Å². The van der Waals surface area contributed by atoms with Crippen molar-refractivity contribution in [3.8, 4) is 0 Å². The molecule has 4 nitrogen and oxygen atoms in total. The number of anilines is 2. The van der Waals surface area contributed by atoms with Crippen LogP contribution in [0.1, 0.15) is 24.8 Å². The van der Waals surface area contributed by atoms with E-state index in [1.165, 1.54) is 12.8 Å². The lowest BCUT2D eigenvalue weighted by atomic mass is 10.1. The first-order valence-corrected chi connectivity index (χ1v) is 6.35. The Balaban J connectivity index is 1.75. The van der Waals surface area contributed by atoms with Gasteiger partial charge in [0.2, 0.25) is 0 Å². The molecule has 4 heteroatoms. The smallest absolute Gasteiger partial charge is 0.149 e. The lowest BCUT2D eigenvalue weighted by molar-refractivity contribution is 0.0898. The molecule has 0 radical (unpaired) electrons. The number of nitrogens with two attached hydrogens (primary N) is 1. The number of nitrogens with zero attached hydrogens (tertiary/aromatic N) is 1. The zero-order chi connectivity index (χ0) is 11.8. The maximum atomic E-state index is 6.03. The molecule has 2 aliphatic rings. The molecule has 3 rings (SSSR count). The van der Waals surface area contributed by atoms with Crippen molar-refractivity contribution in [2.24, 2.45) is 5.92 Å². The van der Waals surface area contributed by atoms with Crippen LogP contribution in [0.3, 0.4) is 0 Å². The molecule has 0 bridgehead atoms. The van der Waals surface area contributed by atoms with E-state index in [0.29, 0.717) is 12.1 Å². The molecule has 2 heterocycles. The first-order valence-electron chi connectivity index (χ1n) is 6.35. The quantitative estimate of drug-likeness (QED) is 0.837. The highest BCUT2D eigenvalue weighted by molar-refractivity contribution is 5.65. The Morgan fingerprint density at radius 1 is 1.41 bits per heavy atom. The number of rotatable bonds is 3. The molecular formula is C13H19N3O. The number of hydrogen-bond donors (Lipinski definition) is 2. The molecule has 0 spiro atoms. The second-order valence-electron chi connectivity index (χ2n) is 5.10. The van der Waals surface area contributed by atoms with Crippen molar-refractivity contribution < 1.29 is 4.74 Å². The van der Waals surface area contributed by atoms with Crippen molar-refractivity contribution in [2.45, 2.75) is 38.3 Å². The Hall–Kier alpha value is -1.29. The van der Waals surface area contributed by atoms with Gasteiger partial charge in [-0.25, -0.2) is 4.98 Å². The van der Waals surface area contributed by atoms with Crippen molar-refractivity contribution in [1.29, 1.82) is 0 Å². The third kappa shape index (κ3) is 2.09. The molecular weight excluding hydrogens is 214 g/mol. The number of pyridine rings is 1. The fourth-order valence-electron chi connectivity index (χ4n) is 2.52. The second kappa shape index (κ2) is 4.18. The van der Waals surface area contributed by atoms with Crippen LogP contribution in [0.15, 0.2) is 12.3 Å². The van der Waals surface area contributed by atoms with Crippen LogP contribution in [0.5, 0.6) is 0 Å². The Bertz CT molecular complexity index is 417. The summed E-state index contributed by atoms with van der Waals surface area (Å²) in [6, 6.07) is 2.31. The molecule has 1 saturated heterocycles. The number of hydrogen-bond acceptors (Lipinski definition) is 4. The molecule has 1 saturated carbocycles. The van der Waals surface area contributed by atoms with Gasteiger partial charge in [0.1, 0.15) is 5.82 Å². The summed E-state index contributed by atoms with van der Waals surface area (Å²) in [5.74, 6) is 1.56. The summed E-state index contributed by atoms with van der Waals surface area (Å²) in [5, 5.41) is 3.46. The Labute approximate surface area is 102 Å². The van der Waals surface area contributed by atoms with Crippen LogP contribution in [-0.4, -0.2) is 23.7 Å². The first kappa shape index (κ1) is 10.8. The molecule has 92 valence electrons. The van der Waals surface area contributed by atoms with Gasteiger partial charge in [0.05, 0.1) is 17.8 Å². The largest absolute Gasteiger partial charge is 0.396 e. The van der Waals surface area contributed by atoms with E-state index in [4.69, 9.17) is 10.5 Å². The number of aryl methyl sites for hydroxylation is 1. The highest BCUT2D eigenvalue weighted by Crippen LogP contribution is 2.39. The van der Waals surface area contributed by atoms with Crippen molar-refractivity contribution in [3.05, 3.63) is 17.8 Å². The fraction of sp³-hybridized carbons (Fsp3) is 0.615. The molecule has 1 aliphatic heterocycles. The molecule has 2 fully saturated rings. The summed E-state index contributed by atoms with van der Waals surface area (Å²) in [7, 11) is 0. The highest BCUT2D eigenvalue weighted by atomic mass is 16.5. The Morgan fingerprint density at radius 3 is 3.00 bits per heavy atom. The standard InChI is InChI=1S/C13H19N3O/c1-8-4-6-15-13(11(8)14)16-10-5-7-17-12(10)9-2-3-9/h4,6,9-10,12H,2-3,5,7,14H2,1H3,(H,15,16). The Morgan fingerprint density at radius 2 is 2.24 bits per heavy atom. The number of ether oxygens (including phenoxy) is 1. The van der Waals surface area contributed by atoms with Crippen LogP contribution < -0.4 is 11.1 Å². The first-order chi connectivity index (χ1) is 8.25. The summed E-state index contributed by atoms with van der Waals surface area (Å²) in [4.78, 5) is 4.33. The SMILES string of the molecule is Cc1ccnc(NC2CCOC2C2CC2)c1N. The summed E-state index contributed by atoms with van der Waals surface area (Å²) in [5.41, 5.74) is 7.86. The predicted octanol–water partition coefficient (Wildman–Crippen LogP) is 1.95. The average molecular weight is 233 g/mol. The van der Waals surface area contributed by atoms with Crippen LogP contribution in [-0.2, 0) is 4.74 Å². The summed E-state index contributed by atoms with van der Waals surface area (Å²) >= 11 is 0. The lowest BCUT2D eigenvalue weighted by Gasteiger charge is -2.21. The van der Waals surface area contributed by atoms with Gasteiger partial charge in [0, 0.05) is 12.8 Å². The third-order valence-corrected chi connectivity index (χ3v) is 3.75. The van der Waals surface area contributed by atoms with E-state index in [1.54, 1.807) is 6.20 Å². The van der Waals surface area contributed by atoms with E-state index in [-0.39, 0.29) is 0 Å². The molecule has 1 aromatic heterocycles. The van der Waals surface area contributed by atoms with Gasteiger partial charge in [-0.15, -0.1) is 0 Å². The van der Waals surface area contributed by atoms with Crippen molar-refractivity contribution in [3.63, 3.8) is 0 Å². The molecule has 2 unspecified atom stereocenters. The fourth-order valence-corrected chi connectivity index (χ4v) is 2.52. The summed E-state index contributed by atoms with van der Waals surface area (Å²) in [6.07, 6.45) is 5.82. The van der Waals surface area contributed by atoms with Crippen molar-refractivity contribution in [1.82, 2.24) is 4.98 Å². The minimum atomic E-state index is 0.358. The minimum absolute atomic E-state index is 0.358. The molecule has 17 heavy (non-hydrogen) atoms. The van der Waals surface area contributed by atoms with E-state index in [2.05, 4.69) is 10.3 Å². The van der Waals surface area contributed by atoms with Gasteiger partial charge in [-0.2, -0.15) is 0 Å². The van der Waals surface area contributed by atoms with Gasteiger partial charge in [-0.1, -0.05) is 0 Å². The highest BCUT2D eigenvalue weighted by Gasteiger charge is 2.40. The maximum Gasteiger partial charge on any atom is 0.149 e. The minimum Gasteiger partial charge on any atom is -0.396 e. The maximum absolute atomic E-state index is 6.03. The summed E-state index contributed by atoms with van der Waals surface area (Å²) < 4.78 is 5.80. The van der Waals surface area contributed by atoms with Crippen LogP contribution in [0.2, 0.25) is 0 Å². The number of aromatic nitrogens is 1. The molecule has 1 aliphatic carbocycles. The van der Waals surface area contributed by atoms with Gasteiger partial charge in [-0.05, 0) is 43.7 Å². The van der Waals surface area contributed by atoms with Crippen LogP contribution >= 0.6 is 0 Å². The molecule has 2 atom stereocenters. The van der Waals surface area contributed by atoms with E-state index >= 15 is 0 Å². The van der Waals surface area contributed by atoms with Gasteiger partial charge >= 0.3 is 0 Å². The number of nitrogen functional groups attached to an aromatic ring is 1. The van der Waals surface area contributed by atoms with Crippen LogP contribution in [0.4, 0.5) is 11.5 Å². The van der Waals surface area contributed by atoms with Gasteiger partial charge < -0.3 is 15.8 Å². The monoisotopic (exact) mass is 233 g/mol. The van der Waals surface area contributed by atoms with Crippen molar-refractivity contribution >= 4 is 11.5 Å². The van der Waals surface area contributed by atoms with E-state index in [0.717, 1.165) is 36.0 Å². The van der Waals surface area contributed by atoms with Crippen molar-refractivity contribution in [2.75, 3.05) is 17.7 Å². The third-order valence-electron chi connectivity index (χ3n) is 3.75.